The first-order valence-corrected chi connectivity index (χ1v) is 6.06. The molecule has 0 saturated heterocycles. The van der Waals surface area contributed by atoms with Gasteiger partial charge in [0, 0.05) is 9.58 Å². The third-order valence-electron chi connectivity index (χ3n) is 2.61. The quantitative estimate of drug-likeness (QED) is 0.671. The van der Waals surface area contributed by atoms with E-state index in [1.807, 2.05) is 11.3 Å². The van der Waals surface area contributed by atoms with E-state index in [4.69, 9.17) is 0 Å². The van der Waals surface area contributed by atoms with Gasteiger partial charge in [-0.25, -0.2) is 0 Å². The summed E-state index contributed by atoms with van der Waals surface area (Å²) in [6.07, 6.45) is 1.16. The molecule has 0 fully saturated rings. The van der Waals surface area contributed by atoms with Crippen molar-refractivity contribution in [3.63, 3.8) is 0 Å². The number of hydrogen-bond acceptors (Lipinski definition) is 1. The molecule has 0 aliphatic heterocycles. The average Bonchev–Trinajstić information content (AvgIpc) is 2.55. The van der Waals surface area contributed by atoms with Crippen molar-refractivity contribution in [1.82, 2.24) is 0 Å². The van der Waals surface area contributed by atoms with E-state index < -0.39 is 0 Å². The molecule has 0 radical (unpaired) electrons. The van der Waals surface area contributed by atoms with Gasteiger partial charge in [-0.05, 0) is 29.4 Å². The molecule has 14 heavy (non-hydrogen) atoms. The summed E-state index contributed by atoms with van der Waals surface area (Å²) in [7, 11) is 0. The fraction of sp³-hybridized carbons (Fsp3) is 0.385. The molecule has 0 N–H and O–H groups in total. The van der Waals surface area contributed by atoms with Crippen molar-refractivity contribution in [1.29, 1.82) is 0 Å². The van der Waals surface area contributed by atoms with Crippen LogP contribution in [0.5, 0.6) is 0 Å². The number of rotatable bonds is 2. The Kier molecular flexibility index (Phi) is 2.60. The van der Waals surface area contributed by atoms with Crippen LogP contribution in [-0.2, 0) is 6.42 Å². The second kappa shape index (κ2) is 3.74. The Balaban J connectivity index is 2.74. The largest absolute Gasteiger partial charge is 0.140 e. The zero-order chi connectivity index (χ0) is 10.1. The van der Waals surface area contributed by atoms with Gasteiger partial charge in [0.25, 0.3) is 0 Å². The maximum absolute atomic E-state index is 2.29. The van der Waals surface area contributed by atoms with Crippen molar-refractivity contribution in [3.05, 3.63) is 34.7 Å². The van der Waals surface area contributed by atoms with E-state index >= 15 is 0 Å². The van der Waals surface area contributed by atoms with Crippen LogP contribution in [0, 0.1) is 0 Å². The number of thiophene rings is 1. The normalized spacial score (nSPS) is 11.4. The standard InChI is InChI=1S/C13H16S/c1-4-11-13(9(2)3)10-7-5-6-8-12(10)14-11/h5-9H,4H2,1-3H3. The van der Waals surface area contributed by atoms with Crippen molar-refractivity contribution in [2.24, 2.45) is 0 Å². The van der Waals surface area contributed by atoms with Crippen molar-refractivity contribution >= 4 is 21.4 Å². The molecule has 0 atom stereocenters. The smallest absolute Gasteiger partial charge is 0.0348 e. The summed E-state index contributed by atoms with van der Waals surface area (Å²) in [5.41, 5.74) is 1.56. The lowest BCUT2D eigenvalue weighted by Crippen LogP contribution is -1.89. The van der Waals surface area contributed by atoms with Crippen LogP contribution in [0.25, 0.3) is 10.1 Å². The van der Waals surface area contributed by atoms with Crippen LogP contribution in [-0.4, -0.2) is 0 Å². The maximum atomic E-state index is 2.29. The topological polar surface area (TPSA) is 0 Å². The van der Waals surface area contributed by atoms with Crippen LogP contribution in [0.4, 0.5) is 0 Å². The van der Waals surface area contributed by atoms with Crippen molar-refractivity contribution < 1.29 is 0 Å². The minimum Gasteiger partial charge on any atom is -0.140 e. The van der Waals surface area contributed by atoms with E-state index in [1.54, 1.807) is 10.4 Å². The van der Waals surface area contributed by atoms with Crippen molar-refractivity contribution in [2.75, 3.05) is 0 Å². The molecule has 2 aromatic rings. The summed E-state index contributed by atoms with van der Waals surface area (Å²) < 4.78 is 1.44. The van der Waals surface area contributed by atoms with E-state index in [9.17, 15) is 0 Å². The van der Waals surface area contributed by atoms with Crippen LogP contribution < -0.4 is 0 Å². The molecule has 0 amide bonds. The summed E-state index contributed by atoms with van der Waals surface area (Å²) >= 11 is 1.95. The van der Waals surface area contributed by atoms with Crippen LogP contribution in [0.1, 0.15) is 37.1 Å². The molecule has 0 saturated carbocycles. The summed E-state index contributed by atoms with van der Waals surface area (Å²) in [5, 5.41) is 1.46. The lowest BCUT2D eigenvalue weighted by Gasteiger charge is -2.06. The Morgan fingerprint density at radius 3 is 2.57 bits per heavy atom. The molecule has 1 aromatic heterocycles. The summed E-state index contributed by atoms with van der Waals surface area (Å²) in [4.78, 5) is 1.56. The van der Waals surface area contributed by atoms with Crippen LogP contribution in [0.2, 0.25) is 0 Å². The van der Waals surface area contributed by atoms with E-state index in [-0.39, 0.29) is 0 Å². The molecule has 2 rings (SSSR count). The number of hydrogen-bond donors (Lipinski definition) is 0. The van der Waals surface area contributed by atoms with Crippen molar-refractivity contribution in [3.8, 4) is 0 Å². The van der Waals surface area contributed by atoms with Gasteiger partial charge < -0.3 is 0 Å². The monoisotopic (exact) mass is 204 g/mol. The molecule has 1 heteroatoms. The predicted molar refractivity (Wildman–Crippen MR) is 65.3 cm³/mol. The lowest BCUT2D eigenvalue weighted by atomic mass is 9.99. The second-order valence-electron chi connectivity index (χ2n) is 3.94. The molecular formula is C13H16S. The minimum atomic E-state index is 0.640. The fourth-order valence-electron chi connectivity index (χ4n) is 2.01. The van der Waals surface area contributed by atoms with Gasteiger partial charge in [0.05, 0.1) is 0 Å². The molecule has 0 aliphatic carbocycles. The Morgan fingerprint density at radius 2 is 1.93 bits per heavy atom. The molecule has 0 bridgehead atoms. The summed E-state index contributed by atoms with van der Waals surface area (Å²) in [6.45, 7) is 6.82. The highest BCUT2D eigenvalue weighted by Gasteiger charge is 2.12. The van der Waals surface area contributed by atoms with Crippen LogP contribution >= 0.6 is 11.3 Å². The van der Waals surface area contributed by atoms with E-state index in [2.05, 4.69) is 45.0 Å². The van der Waals surface area contributed by atoms with Crippen LogP contribution in [0.15, 0.2) is 24.3 Å². The van der Waals surface area contributed by atoms with E-state index in [1.165, 1.54) is 10.1 Å². The molecule has 1 aromatic carbocycles. The van der Waals surface area contributed by atoms with Gasteiger partial charge >= 0.3 is 0 Å². The molecule has 74 valence electrons. The van der Waals surface area contributed by atoms with Gasteiger partial charge in [-0.1, -0.05) is 39.0 Å². The molecule has 0 aliphatic rings. The second-order valence-corrected chi connectivity index (χ2v) is 5.08. The average molecular weight is 204 g/mol. The number of benzene rings is 1. The lowest BCUT2D eigenvalue weighted by molar-refractivity contribution is 0.863. The highest BCUT2D eigenvalue weighted by Crippen LogP contribution is 2.36. The third-order valence-corrected chi connectivity index (χ3v) is 3.94. The Morgan fingerprint density at radius 1 is 1.21 bits per heavy atom. The highest BCUT2D eigenvalue weighted by molar-refractivity contribution is 7.19. The van der Waals surface area contributed by atoms with Gasteiger partial charge in [-0.2, -0.15) is 0 Å². The fourth-order valence-corrected chi connectivity index (χ4v) is 3.31. The van der Waals surface area contributed by atoms with E-state index in [0.29, 0.717) is 5.92 Å². The van der Waals surface area contributed by atoms with Crippen LogP contribution in [0.3, 0.4) is 0 Å². The Labute approximate surface area is 89.6 Å². The predicted octanol–water partition coefficient (Wildman–Crippen LogP) is 4.59. The minimum absolute atomic E-state index is 0.640. The first-order chi connectivity index (χ1) is 6.74. The van der Waals surface area contributed by atoms with Gasteiger partial charge in [0.15, 0.2) is 0 Å². The van der Waals surface area contributed by atoms with Crippen molar-refractivity contribution in [2.45, 2.75) is 33.1 Å². The SMILES string of the molecule is CCc1sc2ccccc2c1C(C)C. The third kappa shape index (κ3) is 1.46. The molecule has 0 spiro atoms. The summed E-state index contributed by atoms with van der Waals surface area (Å²) in [6, 6.07) is 8.74. The molecule has 1 heterocycles. The highest BCUT2D eigenvalue weighted by atomic mass is 32.1. The van der Waals surface area contributed by atoms with Gasteiger partial charge in [0.2, 0.25) is 0 Å². The molecule has 0 nitrogen and oxygen atoms in total. The zero-order valence-corrected chi connectivity index (χ0v) is 9.82. The van der Waals surface area contributed by atoms with E-state index in [0.717, 1.165) is 6.42 Å². The summed E-state index contributed by atoms with van der Waals surface area (Å²) in [5.74, 6) is 0.640. The number of aryl methyl sites for hydroxylation is 1. The molecule has 0 unspecified atom stereocenters. The first-order valence-electron chi connectivity index (χ1n) is 5.24. The number of fused-ring (bicyclic) bond motifs is 1. The Hall–Kier alpha value is -0.820. The maximum Gasteiger partial charge on any atom is 0.0348 e. The first kappa shape index (κ1) is 9.72. The molecular weight excluding hydrogens is 188 g/mol. The van der Waals surface area contributed by atoms with Gasteiger partial charge in [-0.3, -0.25) is 0 Å². The zero-order valence-electron chi connectivity index (χ0n) is 9.00. The van der Waals surface area contributed by atoms with Gasteiger partial charge in [0.1, 0.15) is 0 Å². The Bertz CT molecular complexity index is 437. The van der Waals surface area contributed by atoms with Gasteiger partial charge in [-0.15, -0.1) is 11.3 Å².